The number of aryl methyl sites for hydroxylation is 2. The molecule has 3 heterocycles. The van der Waals surface area contributed by atoms with Crippen LogP contribution < -0.4 is 11.1 Å². The summed E-state index contributed by atoms with van der Waals surface area (Å²) >= 11 is 14.8. The number of amides is 1. The van der Waals surface area contributed by atoms with Gasteiger partial charge in [-0.15, -0.1) is 22.7 Å². The van der Waals surface area contributed by atoms with Crippen molar-refractivity contribution < 1.29 is 4.79 Å². The lowest BCUT2D eigenvalue weighted by Crippen LogP contribution is -2.11. The van der Waals surface area contributed by atoms with Crippen LogP contribution in [0.3, 0.4) is 0 Å². The summed E-state index contributed by atoms with van der Waals surface area (Å²) in [6, 6.07) is 7.16. The van der Waals surface area contributed by atoms with Gasteiger partial charge in [0.05, 0.1) is 16.4 Å². The molecule has 0 radical (unpaired) electrons. The average Bonchev–Trinajstić information content (AvgIpc) is 3.19. The highest BCUT2D eigenvalue weighted by Crippen LogP contribution is 2.36. The summed E-state index contributed by atoms with van der Waals surface area (Å²) in [5.74, 6) is -0.305. The summed E-state index contributed by atoms with van der Waals surface area (Å²) in [6.45, 7) is 3.88. The quantitative estimate of drug-likeness (QED) is 0.392. The van der Waals surface area contributed by atoms with Crippen LogP contribution in [0.15, 0.2) is 29.6 Å². The Morgan fingerprint density at radius 2 is 1.96 bits per heavy atom. The number of benzene rings is 1. The Morgan fingerprint density at radius 1 is 1.18 bits per heavy atom. The first-order valence-corrected chi connectivity index (χ1v) is 10.7. The fraction of sp³-hybridized carbons (Fsp3) is 0.105. The molecule has 142 valence electrons. The molecule has 0 aliphatic rings. The topological polar surface area (TPSA) is 80.9 Å². The van der Waals surface area contributed by atoms with Crippen molar-refractivity contribution in [2.24, 2.45) is 0 Å². The zero-order chi connectivity index (χ0) is 20.0. The van der Waals surface area contributed by atoms with Crippen molar-refractivity contribution in [2.45, 2.75) is 13.8 Å². The third-order valence-electron chi connectivity index (χ3n) is 4.16. The van der Waals surface area contributed by atoms with Crippen molar-refractivity contribution >= 4 is 72.8 Å². The minimum Gasteiger partial charge on any atom is -0.397 e. The molecular formula is C19H14Cl2N4OS2. The maximum absolute atomic E-state index is 12.8. The lowest BCUT2D eigenvalue weighted by atomic mass is 10.1. The normalized spacial score (nSPS) is 11.1. The molecule has 1 aromatic carbocycles. The predicted molar refractivity (Wildman–Crippen MR) is 119 cm³/mol. The van der Waals surface area contributed by atoms with E-state index >= 15 is 0 Å². The Bertz CT molecular complexity index is 1230. The molecule has 0 aliphatic carbocycles. The second-order valence-electron chi connectivity index (χ2n) is 6.22. The van der Waals surface area contributed by atoms with Crippen LogP contribution in [0.4, 0.5) is 10.8 Å². The first-order chi connectivity index (χ1) is 13.3. The number of carbonyl (C=O) groups is 1. The SMILES string of the molecule is Cc1cc(C)c2c(N)c(C(=O)Nc3nc(-c4ccc(Cl)cc4Cl)cs3)sc2n1. The molecule has 0 saturated carbocycles. The van der Waals surface area contributed by atoms with Crippen LogP contribution in [0.25, 0.3) is 21.5 Å². The first kappa shape index (κ1) is 19.1. The molecule has 0 unspecified atom stereocenters. The van der Waals surface area contributed by atoms with Crippen LogP contribution in [0.1, 0.15) is 20.9 Å². The number of rotatable bonds is 3. The van der Waals surface area contributed by atoms with Gasteiger partial charge in [-0.25, -0.2) is 9.97 Å². The average molecular weight is 449 g/mol. The summed E-state index contributed by atoms with van der Waals surface area (Å²) in [7, 11) is 0. The molecule has 28 heavy (non-hydrogen) atoms. The van der Waals surface area contributed by atoms with Crippen molar-refractivity contribution in [2.75, 3.05) is 11.1 Å². The Kier molecular flexibility index (Phi) is 5.01. The molecule has 4 aromatic rings. The number of pyridine rings is 1. The van der Waals surface area contributed by atoms with Crippen LogP contribution in [-0.4, -0.2) is 15.9 Å². The smallest absolute Gasteiger partial charge is 0.269 e. The largest absolute Gasteiger partial charge is 0.397 e. The molecule has 0 fully saturated rings. The minimum absolute atomic E-state index is 0.305. The van der Waals surface area contributed by atoms with Gasteiger partial charge in [0.25, 0.3) is 5.91 Å². The zero-order valence-corrected chi connectivity index (χ0v) is 18.0. The van der Waals surface area contributed by atoms with Gasteiger partial charge in [-0.1, -0.05) is 23.2 Å². The van der Waals surface area contributed by atoms with Crippen LogP contribution in [0, 0.1) is 13.8 Å². The Hall–Kier alpha value is -2.19. The van der Waals surface area contributed by atoms with Crippen LogP contribution in [0.2, 0.25) is 10.0 Å². The van der Waals surface area contributed by atoms with Gasteiger partial charge >= 0.3 is 0 Å². The number of hydrogen-bond donors (Lipinski definition) is 2. The van der Waals surface area contributed by atoms with Crippen LogP contribution >= 0.6 is 45.9 Å². The highest BCUT2D eigenvalue weighted by molar-refractivity contribution is 7.21. The molecule has 4 rings (SSSR count). The van der Waals surface area contributed by atoms with Gasteiger partial charge in [0.15, 0.2) is 5.13 Å². The zero-order valence-electron chi connectivity index (χ0n) is 14.8. The number of nitrogen functional groups attached to an aromatic ring is 1. The number of hydrogen-bond acceptors (Lipinski definition) is 6. The molecule has 9 heteroatoms. The molecule has 3 aromatic heterocycles. The molecular weight excluding hydrogens is 435 g/mol. The number of fused-ring (bicyclic) bond motifs is 1. The number of nitrogens with two attached hydrogens (primary N) is 1. The fourth-order valence-corrected chi connectivity index (χ4v) is 5.27. The van der Waals surface area contributed by atoms with Crippen molar-refractivity contribution in [3.63, 3.8) is 0 Å². The third-order valence-corrected chi connectivity index (χ3v) is 6.57. The predicted octanol–water partition coefficient (Wildman–Crippen LogP) is 6.18. The highest BCUT2D eigenvalue weighted by Gasteiger charge is 2.20. The maximum Gasteiger partial charge on any atom is 0.269 e. The van der Waals surface area contributed by atoms with E-state index in [-0.39, 0.29) is 5.91 Å². The van der Waals surface area contributed by atoms with Crippen molar-refractivity contribution in [3.05, 3.63) is 55.8 Å². The molecule has 3 N–H and O–H groups in total. The van der Waals surface area contributed by atoms with E-state index < -0.39 is 0 Å². The number of nitrogens with zero attached hydrogens (tertiary/aromatic N) is 2. The highest BCUT2D eigenvalue weighted by atomic mass is 35.5. The van der Waals surface area contributed by atoms with Gasteiger partial charge < -0.3 is 5.73 Å². The standard InChI is InChI=1S/C19H14Cl2N4OS2/c1-8-5-9(2)23-18-14(8)15(22)16(28-18)17(26)25-19-24-13(7-27-19)11-4-3-10(20)6-12(11)21/h3-7H,22H2,1-2H3,(H,24,25,26). The number of aromatic nitrogens is 2. The summed E-state index contributed by atoms with van der Waals surface area (Å²) in [6.07, 6.45) is 0. The lowest BCUT2D eigenvalue weighted by Gasteiger charge is -2.02. The molecule has 0 aliphatic heterocycles. The van der Waals surface area contributed by atoms with Crippen molar-refractivity contribution in [3.8, 4) is 11.3 Å². The fourth-order valence-electron chi connectivity index (χ4n) is 2.94. The number of carbonyl (C=O) groups excluding carboxylic acids is 1. The summed E-state index contributed by atoms with van der Waals surface area (Å²) in [5, 5.41) is 6.99. The van der Waals surface area contributed by atoms with Crippen LogP contribution in [0.5, 0.6) is 0 Å². The van der Waals surface area contributed by atoms with Crippen LogP contribution in [-0.2, 0) is 0 Å². The Morgan fingerprint density at radius 3 is 2.71 bits per heavy atom. The van der Waals surface area contributed by atoms with E-state index in [0.29, 0.717) is 31.4 Å². The summed E-state index contributed by atoms with van der Waals surface area (Å²) < 4.78 is 0. The summed E-state index contributed by atoms with van der Waals surface area (Å²) in [4.78, 5) is 22.9. The number of anilines is 2. The minimum atomic E-state index is -0.305. The second kappa shape index (κ2) is 7.33. The Balaban J connectivity index is 1.63. The molecule has 1 amide bonds. The van der Waals surface area contributed by atoms with Crippen molar-refractivity contribution in [1.82, 2.24) is 9.97 Å². The van der Waals surface area contributed by atoms with E-state index in [2.05, 4.69) is 15.3 Å². The lowest BCUT2D eigenvalue weighted by molar-refractivity contribution is 0.103. The number of nitrogens with one attached hydrogen (secondary N) is 1. The molecule has 0 saturated heterocycles. The maximum atomic E-state index is 12.8. The van der Waals surface area contributed by atoms with E-state index in [1.54, 1.807) is 18.2 Å². The van der Waals surface area contributed by atoms with Gasteiger partial charge in [0.2, 0.25) is 0 Å². The third kappa shape index (κ3) is 3.46. The van der Waals surface area contributed by atoms with Gasteiger partial charge in [-0.2, -0.15) is 0 Å². The van der Waals surface area contributed by atoms with Gasteiger partial charge in [-0.3, -0.25) is 10.1 Å². The van der Waals surface area contributed by atoms with Gasteiger partial charge in [0.1, 0.15) is 9.71 Å². The first-order valence-electron chi connectivity index (χ1n) is 8.22. The van der Waals surface area contributed by atoms with Gasteiger partial charge in [0, 0.05) is 27.0 Å². The molecule has 5 nitrogen and oxygen atoms in total. The molecule has 0 spiro atoms. The van der Waals surface area contributed by atoms with E-state index in [1.807, 2.05) is 25.3 Å². The molecule has 0 atom stereocenters. The monoisotopic (exact) mass is 448 g/mol. The van der Waals surface area contributed by atoms with Gasteiger partial charge in [-0.05, 0) is 43.7 Å². The van der Waals surface area contributed by atoms with E-state index in [4.69, 9.17) is 28.9 Å². The van der Waals surface area contributed by atoms with E-state index in [1.165, 1.54) is 22.7 Å². The number of thiophene rings is 1. The van der Waals surface area contributed by atoms with E-state index in [0.717, 1.165) is 27.0 Å². The second-order valence-corrected chi connectivity index (χ2v) is 8.92. The molecule has 0 bridgehead atoms. The van der Waals surface area contributed by atoms with Crippen molar-refractivity contribution in [1.29, 1.82) is 0 Å². The van der Waals surface area contributed by atoms with E-state index in [9.17, 15) is 4.79 Å². The number of halogens is 2. The Labute approximate surface area is 179 Å². The number of thiazole rings is 1. The summed E-state index contributed by atoms with van der Waals surface area (Å²) in [5.41, 5.74) is 9.99.